The van der Waals surface area contributed by atoms with Crippen LogP contribution in [0.15, 0.2) is 0 Å². The summed E-state index contributed by atoms with van der Waals surface area (Å²) in [4.78, 5) is 34.4. The molecule has 0 aromatic rings. The molecule has 0 fully saturated rings. The van der Waals surface area contributed by atoms with E-state index in [1.165, 1.54) is 7.11 Å². The Morgan fingerprint density at radius 1 is 0.515 bits per heavy atom. The Morgan fingerprint density at radius 3 is 1.03 bits per heavy atom. The van der Waals surface area contributed by atoms with Crippen molar-refractivity contribution >= 4 is 17.9 Å². The van der Waals surface area contributed by atoms with Crippen LogP contribution in [0, 0.1) is 16.2 Å². The third kappa shape index (κ3) is 15.0. The van der Waals surface area contributed by atoms with E-state index in [2.05, 4.69) is 4.74 Å². The molecule has 0 aromatic carbocycles. The third-order valence-corrected chi connectivity index (χ3v) is 6.50. The maximum Gasteiger partial charge on any atom is 0.311 e. The van der Waals surface area contributed by atoms with Gasteiger partial charge in [-0.15, -0.1) is 0 Å². The Bertz CT molecular complexity index is 527. The predicted molar refractivity (Wildman–Crippen MR) is 134 cm³/mol. The van der Waals surface area contributed by atoms with Gasteiger partial charge in [-0.05, 0) is 73.6 Å². The number of methoxy groups -OCH3 is 1. The number of hydrogen-bond acceptors (Lipinski definition) is 6. The quantitative estimate of drug-likeness (QED) is 0.147. The normalized spacial score (nSPS) is 11.8. The van der Waals surface area contributed by atoms with Crippen molar-refractivity contribution in [3.63, 3.8) is 0 Å². The van der Waals surface area contributed by atoms with Crippen molar-refractivity contribution in [2.75, 3.05) is 20.3 Å². The summed E-state index contributed by atoms with van der Waals surface area (Å²) in [5, 5.41) is 0. The molecule has 0 rings (SSSR count). The van der Waals surface area contributed by atoms with Crippen molar-refractivity contribution in [3.8, 4) is 0 Å². The summed E-state index contributed by atoms with van der Waals surface area (Å²) >= 11 is 0. The third-order valence-electron chi connectivity index (χ3n) is 6.50. The van der Waals surface area contributed by atoms with Gasteiger partial charge in [0.15, 0.2) is 0 Å². The number of rotatable bonds is 15. The summed E-state index contributed by atoms with van der Waals surface area (Å²) in [5.41, 5.74) is -1.05. The first-order valence-electron chi connectivity index (χ1n) is 12.6. The lowest BCUT2D eigenvalue weighted by Gasteiger charge is -2.20. The molecule has 0 N–H and O–H groups in total. The van der Waals surface area contributed by atoms with Crippen LogP contribution in [0.1, 0.15) is 120 Å². The number of carbonyl (C=O) groups is 3. The van der Waals surface area contributed by atoms with Crippen LogP contribution in [0.25, 0.3) is 0 Å². The van der Waals surface area contributed by atoms with Gasteiger partial charge in [-0.1, -0.05) is 46.5 Å². The number of unbranched alkanes of at least 4 members (excludes halogenated alkanes) is 5. The van der Waals surface area contributed by atoms with Crippen LogP contribution in [-0.2, 0) is 28.6 Å². The van der Waals surface area contributed by atoms with Crippen molar-refractivity contribution in [3.05, 3.63) is 0 Å². The number of ether oxygens (including phenoxy) is 3. The van der Waals surface area contributed by atoms with Crippen LogP contribution in [-0.4, -0.2) is 38.2 Å². The maximum atomic E-state index is 11.8. The Kier molecular flexibility index (Phi) is 17.2. The zero-order valence-electron chi connectivity index (χ0n) is 23.2. The lowest BCUT2D eigenvalue weighted by atomic mass is 9.91. The minimum atomic E-state index is -0.371. The number of hydrogen-bond donors (Lipinski definition) is 0. The molecule has 0 saturated heterocycles. The highest BCUT2D eigenvalue weighted by Gasteiger charge is 2.27. The first-order valence-corrected chi connectivity index (χ1v) is 12.6. The van der Waals surface area contributed by atoms with E-state index in [0.717, 1.165) is 57.8 Å². The summed E-state index contributed by atoms with van der Waals surface area (Å²) in [6.07, 6.45) is 8.66. The number of esters is 3. The minimum absolute atomic E-state index is 0.0955. The van der Waals surface area contributed by atoms with Gasteiger partial charge >= 0.3 is 17.9 Å². The molecule has 0 heterocycles. The molecule has 6 nitrogen and oxygen atoms in total. The molecule has 0 unspecified atom stereocenters. The summed E-state index contributed by atoms with van der Waals surface area (Å²) in [7, 11) is 1.42. The second kappa shape index (κ2) is 16.9. The van der Waals surface area contributed by atoms with Crippen LogP contribution in [0.2, 0.25) is 0 Å². The topological polar surface area (TPSA) is 78.9 Å². The minimum Gasteiger partial charge on any atom is -0.469 e. The molecule has 6 heteroatoms. The van der Waals surface area contributed by atoms with Gasteiger partial charge in [-0.25, -0.2) is 0 Å². The van der Waals surface area contributed by atoms with E-state index in [1.54, 1.807) is 0 Å². The number of carbonyl (C=O) groups excluding carboxylic acids is 3. The van der Waals surface area contributed by atoms with Crippen molar-refractivity contribution in [2.45, 2.75) is 120 Å². The fourth-order valence-corrected chi connectivity index (χ4v) is 2.34. The lowest BCUT2D eigenvalue weighted by molar-refractivity contribution is -0.155. The molecule has 0 aliphatic rings. The Morgan fingerprint density at radius 2 is 0.788 bits per heavy atom. The molecule has 0 spiro atoms. The van der Waals surface area contributed by atoms with Gasteiger partial charge in [0, 0.05) is 0 Å². The van der Waals surface area contributed by atoms with Crippen molar-refractivity contribution in [1.29, 1.82) is 0 Å². The lowest BCUT2D eigenvalue weighted by Crippen LogP contribution is -2.26. The highest BCUT2D eigenvalue weighted by molar-refractivity contribution is 5.76. The Hall–Kier alpha value is -1.59. The first kappa shape index (κ1) is 33.6. The molecule has 0 radical (unpaired) electrons. The molecule has 0 amide bonds. The fraction of sp³-hybridized carbons (Fsp3) is 0.889. The highest BCUT2D eigenvalue weighted by atomic mass is 16.5. The predicted octanol–water partition coefficient (Wildman–Crippen LogP) is 6.88. The summed E-state index contributed by atoms with van der Waals surface area (Å²) in [6, 6.07) is 0. The molecule has 0 atom stereocenters. The van der Waals surface area contributed by atoms with E-state index in [1.807, 2.05) is 62.3 Å². The van der Waals surface area contributed by atoms with Gasteiger partial charge < -0.3 is 14.2 Å². The van der Waals surface area contributed by atoms with Gasteiger partial charge in [0.2, 0.25) is 0 Å². The smallest absolute Gasteiger partial charge is 0.311 e. The summed E-state index contributed by atoms with van der Waals surface area (Å²) < 4.78 is 15.2. The van der Waals surface area contributed by atoms with E-state index < -0.39 is 0 Å². The zero-order chi connectivity index (χ0) is 26.1. The van der Waals surface area contributed by atoms with Gasteiger partial charge in [0.05, 0.1) is 36.6 Å². The maximum absolute atomic E-state index is 11.8. The average Bonchev–Trinajstić information content (AvgIpc) is 2.79. The zero-order valence-corrected chi connectivity index (χ0v) is 23.2. The Labute approximate surface area is 203 Å². The summed E-state index contributed by atoms with van der Waals surface area (Å²) in [6.45, 7) is 18.4. The molecule has 33 heavy (non-hydrogen) atoms. The van der Waals surface area contributed by atoms with E-state index in [4.69, 9.17) is 9.47 Å². The second-order valence-corrected chi connectivity index (χ2v) is 10.6. The monoisotopic (exact) mass is 472 g/mol. The molecule has 196 valence electrons. The van der Waals surface area contributed by atoms with Crippen molar-refractivity contribution in [1.82, 2.24) is 0 Å². The fourth-order valence-electron chi connectivity index (χ4n) is 2.34. The van der Waals surface area contributed by atoms with Gasteiger partial charge in [-0.3, -0.25) is 14.4 Å². The van der Waals surface area contributed by atoms with E-state index in [-0.39, 0.29) is 34.2 Å². The molecular weight excluding hydrogens is 420 g/mol. The van der Waals surface area contributed by atoms with Gasteiger partial charge in [0.1, 0.15) is 0 Å². The molecule has 0 bridgehead atoms. The molecular formula is C27H52O6. The standard InChI is InChI=1S/C20H38O4.C7H14O2/c1-7-19(3,4)17(21)23-15-13-11-9-10-12-14-16-24-18(22)20(5,6)8-2;1-5-7(2,3)6(8)9-4/h7-16H2,1-6H3;5H2,1-4H3. The van der Waals surface area contributed by atoms with Gasteiger partial charge in [-0.2, -0.15) is 0 Å². The first-order chi connectivity index (χ1) is 15.2. The van der Waals surface area contributed by atoms with Crippen LogP contribution in [0.4, 0.5) is 0 Å². The van der Waals surface area contributed by atoms with E-state index >= 15 is 0 Å². The van der Waals surface area contributed by atoms with E-state index in [0.29, 0.717) is 13.2 Å². The van der Waals surface area contributed by atoms with Crippen LogP contribution in [0.5, 0.6) is 0 Å². The molecule has 0 saturated carbocycles. The van der Waals surface area contributed by atoms with Crippen LogP contribution >= 0.6 is 0 Å². The molecule has 0 aliphatic carbocycles. The summed E-state index contributed by atoms with van der Waals surface area (Å²) in [5.74, 6) is -0.325. The second-order valence-electron chi connectivity index (χ2n) is 10.6. The largest absolute Gasteiger partial charge is 0.469 e. The van der Waals surface area contributed by atoms with Crippen LogP contribution in [0.3, 0.4) is 0 Å². The van der Waals surface area contributed by atoms with Crippen molar-refractivity contribution in [2.24, 2.45) is 16.2 Å². The average molecular weight is 473 g/mol. The SMILES string of the molecule is CCC(C)(C)C(=O)OC.CCC(C)(C)C(=O)OCCCCCCCCOC(=O)C(C)(C)CC. The van der Waals surface area contributed by atoms with Crippen molar-refractivity contribution < 1.29 is 28.6 Å². The van der Waals surface area contributed by atoms with Crippen LogP contribution < -0.4 is 0 Å². The Balaban J connectivity index is 0. The van der Waals surface area contributed by atoms with E-state index in [9.17, 15) is 14.4 Å². The molecule has 0 aliphatic heterocycles. The highest BCUT2D eigenvalue weighted by Crippen LogP contribution is 2.23. The molecule has 0 aromatic heterocycles. The van der Waals surface area contributed by atoms with Gasteiger partial charge in [0.25, 0.3) is 0 Å².